The maximum absolute atomic E-state index is 11.5. The molecule has 0 radical (unpaired) electrons. The van der Waals surface area contributed by atoms with E-state index in [9.17, 15) is 8.42 Å². The predicted molar refractivity (Wildman–Crippen MR) is 118 cm³/mol. The minimum absolute atomic E-state index is 0. The molecule has 2 rings (SSSR count). The molecule has 0 heterocycles. The fraction of sp³-hybridized carbons (Fsp3) is 0.316. The van der Waals surface area contributed by atoms with Crippen molar-refractivity contribution in [1.82, 2.24) is 10.6 Å². The van der Waals surface area contributed by atoms with Gasteiger partial charge in [0.25, 0.3) is 0 Å². The molecule has 0 aromatic heterocycles. The molecule has 0 spiro atoms. The van der Waals surface area contributed by atoms with Crippen molar-refractivity contribution < 1.29 is 8.42 Å². The highest BCUT2D eigenvalue weighted by molar-refractivity contribution is 14.0. The second kappa shape index (κ2) is 10.5. The topological polar surface area (TPSA) is 70.6 Å². The lowest BCUT2D eigenvalue weighted by Gasteiger charge is -2.12. The molecule has 0 atom stereocenters. The number of hydrogen-bond acceptors (Lipinski definition) is 3. The number of aliphatic imine (C=N–C) groups is 1. The van der Waals surface area contributed by atoms with Crippen LogP contribution in [0.2, 0.25) is 0 Å². The third-order valence-electron chi connectivity index (χ3n) is 3.86. The summed E-state index contributed by atoms with van der Waals surface area (Å²) in [5, 5.41) is 6.55. The van der Waals surface area contributed by atoms with Crippen molar-refractivity contribution in [3.8, 4) is 0 Å². The van der Waals surface area contributed by atoms with Gasteiger partial charge in [0.05, 0.1) is 4.90 Å². The second-order valence-corrected chi connectivity index (χ2v) is 8.02. The van der Waals surface area contributed by atoms with E-state index in [0.717, 1.165) is 17.9 Å². The van der Waals surface area contributed by atoms with Crippen LogP contribution in [0.1, 0.15) is 16.7 Å². The number of rotatable bonds is 6. The van der Waals surface area contributed by atoms with Crippen molar-refractivity contribution in [2.75, 3.05) is 19.8 Å². The fourth-order valence-electron chi connectivity index (χ4n) is 2.34. The number of sulfone groups is 1. The van der Waals surface area contributed by atoms with Gasteiger partial charge in [-0.25, -0.2) is 8.42 Å². The fourth-order valence-corrected chi connectivity index (χ4v) is 2.97. The Hall–Kier alpha value is -1.61. The van der Waals surface area contributed by atoms with Gasteiger partial charge in [-0.1, -0.05) is 42.0 Å². The standard InChI is InChI=1S/C19H25N3O2S.HI/c1-15-4-6-17(7-5-15)14-22-19(20-2)21-13-12-16-8-10-18(11-9-16)25(3,23)24;/h4-11H,12-14H2,1-3H3,(H2,20,21,22);1H. The minimum atomic E-state index is -3.14. The van der Waals surface area contributed by atoms with Crippen molar-refractivity contribution in [2.24, 2.45) is 4.99 Å². The first-order valence-electron chi connectivity index (χ1n) is 8.17. The SMILES string of the molecule is CN=C(NCCc1ccc(S(C)(=O)=O)cc1)NCc1ccc(C)cc1.I. The Bertz CT molecular complexity index is 817. The van der Waals surface area contributed by atoms with Gasteiger partial charge in [-0.2, -0.15) is 0 Å². The number of aryl methyl sites for hydroxylation is 1. The summed E-state index contributed by atoms with van der Waals surface area (Å²) in [4.78, 5) is 4.56. The third kappa shape index (κ3) is 7.33. The number of benzene rings is 2. The monoisotopic (exact) mass is 487 g/mol. The number of nitrogens with one attached hydrogen (secondary N) is 2. The van der Waals surface area contributed by atoms with E-state index in [1.807, 2.05) is 12.1 Å². The van der Waals surface area contributed by atoms with Gasteiger partial charge in [-0.05, 0) is 36.6 Å². The summed E-state index contributed by atoms with van der Waals surface area (Å²) >= 11 is 0. The Morgan fingerprint density at radius 2 is 1.54 bits per heavy atom. The van der Waals surface area contributed by atoms with Gasteiger partial charge in [0.1, 0.15) is 0 Å². The summed E-state index contributed by atoms with van der Waals surface area (Å²) in [6.07, 6.45) is 2.00. The van der Waals surface area contributed by atoms with E-state index in [4.69, 9.17) is 0 Å². The average molecular weight is 487 g/mol. The minimum Gasteiger partial charge on any atom is -0.356 e. The Morgan fingerprint density at radius 3 is 2.08 bits per heavy atom. The van der Waals surface area contributed by atoms with Gasteiger partial charge in [0.15, 0.2) is 15.8 Å². The van der Waals surface area contributed by atoms with Crippen LogP contribution in [-0.2, 0) is 22.8 Å². The van der Waals surface area contributed by atoms with Crippen LogP contribution in [0, 0.1) is 6.92 Å². The number of guanidine groups is 1. The summed E-state index contributed by atoms with van der Waals surface area (Å²) in [7, 11) is -1.40. The lowest BCUT2D eigenvalue weighted by molar-refractivity contribution is 0.602. The van der Waals surface area contributed by atoms with Crippen LogP contribution in [0.25, 0.3) is 0 Å². The summed E-state index contributed by atoms with van der Waals surface area (Å²) in [6, 6.07) is 15.4. The van der Waals surface area contributed by atoms with Crippen LogP contribution >= 0.6 is 24.0 Å². The molecule has 7 heteroatoms. The molecule has 0 aliphatic carbocycles. The quantitative estimate of drug-likeness (QED) is 0.374. The Labute approximate surface area is 173 Å². The van der Waals surface area contributed by atoms with Crippen LogP contribution in [0.5, 0.6) is 0 Å². The predicted octanol–water partition coefficient (Wildman–Crippen LogP) is 2.92. The first kappa shape index (κ1) is 22.4. The Kier molecular flexibility index (Phi) is 9.07. The van der Waals surface area contributed by atoms with E-state index in [2.05, 4.69) is 46.8 Å². The van der Waals surface area contributed by atoms with Crippen molar-refractivity contribution in [1.29, 1.82) is 0 Å². The second-order valence-electron chi connectivity index (χ2n) is 6.00. The molecule has 5 nitrogen and oxygen atoms in total. The number of halogens is 1. The Balaban J connectivity index is 0.00000338. The largest absolute Gasteiger partial charge is 0.356 e. The highest BCUT2D eigenvalue weighted by Crippen LogP contribution is 2.10. The molecule has 142 valence electrons. The molecule has 0 amide bonds. The molecule has 2 aromatic carbocycles. The molecule has 0 fully saturated rings. The van der Waals surface area contributed by atoms with Crippen molar-refractivity contribution in [3.63, 3.8) is 0 Å². The van der Waals surface area contributed by atoms with Crippen molar-refractivity contribution >= 4 is 39.8 Å². The zero-order valence-electron chi connectivity index (χ0n) is 15.3. The summed E-state index contributed by atoms with van der Waals surface area (Å²) in [5.41, 5.74) is 3.52. The smallest absolute Gasteiger partial charge is 0.191 e. The van der Waals surface area contributed by atoms with Gasteiger partial charge < -0.3 is 10.6 Å². The zero-order chi connectivity index (χ0) is 18.3. The van der Waals surface area contributed by atoms with E-state index in [0.29, 0.717) is 18.0 Å². The first-order valence-corrected chi connectivity index (χ1v) is 10.1. The maximum atomic E-state index is 11.5. The van der Waals surface area contributed by atoms with E-state index >= 15 is 0 Å². The van der Waals surface area contributed by atoms with Gasteiger partial charge in [-0.15, -0.1) is 24.0 Å². The van der Waals surface area contributed by atoms with Crippen molar-refractivity contribution in [3.05, 3.63) is 65.2 Å². The number of nitrogens with zero attached hydrogens (tertiary/aromatic N) is 1. The molecule has 2 aromatic rings. The molecule has 0 saturated heterocycles. The highest BCUT2D eigenvalue weighted by Gasteiger charge is 2.06. The van der Waals surface area contributed by atoms with Gasteiger partial charge >= 0.3 is 0 Å². The van der Waals surface area contributed by atoms with Crippen LogP contribution < -0.4 is 10.6 Å². The summed E-state index contributed by atoms with van der Waals surface area (Å²) in [5.74, 6) is 0.744. The normalized spacial score (nSPS) is 11.6. The van der Waals surface area contributed by atoms with Crippen LogP contribution in [-0.4, -0.2) is 34.2 Å². The maximum Gasteiger partial charge on any atom is 0.191 e. The van der Waals surface area contributed by atoms with E-state index in [-0.39, 0.29) is 24.0 Å². The van der Waals surface area contributed by atoms with Crippen molar-refractivity contribution in [2.45, 2.75) is 24.8 Å². The van der Waals surface area contributed by atoms with Crippen LogP contribution in [0.15, 0.2) is 58.4 Å². The molecule has 0 bridgehead atoms. The average Bonchev–Trinajstić information content (AvgIpc) is 2.59. The van der Waals surface area contributed by atoms with Gasteiger partial charge in [0.2, 0.25) is 0 Å². The Morgan fingerprint density at radius 1 is 0.962 bits per heavy atom. The highest BCUT2D eigenvalue weighted by atomic mass is 127. The number of hydrogen-bond donors (Lipinski definition) is 2. The molecular weight excluding hydrogens is 461 g/mol. The molecule has 0 aliphatic heterocycles. The van der Waals surface area contributed by atoms with Gasteiger partial charge in [0, 0.05) is 26.4 Å². The zero-order valence-corrected chi connectivity index (χ0v) is 18.5. The molecular formula is C19H26IN3O2S. The van der Waals surface area contributed by atoms with E-state index in [1.54, 1.807) is 19.2 Å². The van der Waals surface area contributed by atoms with E-state index < -0.39 is 9.84 Å². The molecule has 0 aliphatic rings. The summed E-state index contributed by atoms with van der Waals surface area (Å²) < 4.78 is 22.9. The van der Waals surface area contributed by atoms with E-state index in [1.165, 1.54) is 17.4 Å². The molecule has 2 N–H and O–H groups in total. The summed E-state index contributed by atoms with van der Waals surface area (Å²) in [6.45, 7) is 3.49. The van der Waals surface area contributed by atoms with Crippen LogP contribution in [0.3, 0.4) is 0 Å². The third-order valence-corrected chi connectivity index (χ3v) is 4.99. The lowest BCUT2D eigenvalue weighted by atomic mass is 10.1. The molecule has 0 unspecified atom stereocenters. The molecule has 0 saturated carbocycles. The molecule has 26 heavy (non-hydrogen) atoms. The lowest BCUT2D eigenvalue weighted by Crippen LogP contribution is -2.37. The van der Waals surface area contributed by atoms with Gasteiger partial charge in [-0.3, -0.25) is 4.99 Å². The first-order chi connectivity index (χ1) is 11.9. The van der Waals surface area contributed by atoms with Crippen LogP contribution in [0.4, 0.5) is 0 Å².